The lowest BCUT2D eigenvalue weighted by Crippen LogP contribution is -2.11. The highest BCUT2D eigenvalue weighted by atomic mass is 19.1. The Labute approximate surface area is 207 Å². The minimum atomic E-state index is -3.39. The monoisotopic (exact) mass is 456 g/mol. The largest absolute Gasteiger partial charge is 0.494 e. The van der Waals surface area contributed by atoms with Gasteiger partial charge in [-0.15, -0.1) is 0 Å². The first kappa shape index (κ1) is 13.7. The molecule has 0 bridgehead atoms. The second-order valence-corrected chi connectivity index (χ2v) is 7.16. The van der Waals surface area contributed by atoms with Crippen LogP contribution in [0.5, 0.6) is 5.75 Å². The quantitative estimate of drug-likeness (QED) is 0.460. The molecule has 0 atom stereocenters. The van der Waals surface area contributed by atoms with E-state index in [1.165, 1.54) is 38.1 Å². The summed E-state index contributed by atoms with van der Waals surface area (Å²) in [5.74, 6) is -2.11. The Morgan fingerprint density at radius 1 is 1.45 bits per heavy atom. The molecule has 3 rings (SSSR count). The molecule has 0 radical (unpaired) electrons. The van der Waals surface area contributed by atoms with Crippen molar-refractivity contribution in [1.29, 1.82) is 5.26 Å². The van der Waals surface area contributed by atoms with Gasteiger partial charge in [0.05, 0.1) is 30.2 Å². The molecule has 1 N–H and O–H groups in total. The minimum Gasteiger partial charge on any atom is -0.494 e. The summed E-state index contributed by atoms with van der Waals surface area (Å²) in [5, 5.41) is 12.5. The second kappa shape index (κ2) is 10.7. The van der Waals surface area contributed by atoms with Gasteiger partial charge in [0.15, 0.2) is 5.78 Å². The molecular formula is C26H27FN4O2. The number of nitriles is 1. The number of ether oxygens (including phenoxy) is 1. The van der Waals surface area contributed by atoms with Crippen LogP contribution in [0, 0.1) is 24.1 Å². The SMILES string of the molecule is [2H]c1nc2c([2H])c(OC([2H])([2H])C([2H])([2H])[2H])c(CC(=O)/C=C/C([2H])([2H])N(C)C)c([2H])c2c(Nc2ccc(F)c(C)c2)c1C#N. The molecule has 0 saturated carbocycles. The molecule has 0 aliphatic carbocycles. The lowest BCUT2D eigenvalue weighted by Gasteiger charge is -2.15. The van der Waals surface area contributed by atoms with Crippen LogP contribution in [0.4, 0.5) is 15.8 Å². The fraction of sp³-hybridized carbons (Fsp3) is 0.269. The minimum absolute atomic E-state index is 0.180. The third kappa shape index (κ3) is 5.93. The van der Waals surface area contributed by atoms with Crippen molar-refractivity contribution in [2.24, 2.45) is 0 Å². The Morgan fingerprint density at radius 3 is 2.97 bits per heavy atom. The Balaban J connectivity index is 2.37. The number of halogens is 1. The van der Waals surface area contributed by atoms with Gasteiger partial charge in [-0.2, -0.15) is 5.26 Å². The summed E-state index contributed by atoms with van der Waals surface area (Å²) in [5.41, 5.74) is -0.919. The average Bonchev–Trinajstić information content (AvgIpc) is 2.89. The van der Waals surface area contributed by atoms with Gasteiger partial charge in [0.2, 0.25) is 0 Å². The van der Waals surface area contributed by atoms with Crippen molar-refractivity contribution < 1.29 is 27.6 Å². The van der Waals surface area contributed by atoms with E-state index in [9.17, 15) is 14.4 Å². The van der Waals surface area contributed by atoms with Crippen LogP contribution >= 0.6 is 0 Å². The number of carbonyl (C=O) groups excluding carboxylic acids is 1. The lowest BCUT2D eigenvalue weighted by atomic mass is 10.0. The predicted octanol–water partition coefficient (Wildman–Crippen LogP) is 4.93. The maximum absolute atomic E-state index is 13.9. The molecular weight excluding hydrogens is 419 g/mol. The first-order valence-corrected chi connectivity index (χ1v) is 9.70. The number of carbonyl (C=O) groups is 1. The summed E-state index contributed by atoms with van der Waals surface area (Å²) in [7, 11) is 2.87. The molecule has 1 heterocycles. The van der Waals surface area contributed by atoms with Gasteiger partial charge < -0.3 is 15.0 Å². The Hall–Kier alpha value is -3.76. The first-order valence-electron chi connectivity index (χ1n) is 14.7. The zero-order valence-electron chi connectivity index (χ0n) is 28.1. The van der Waals surface area contributed by atoms with Crippen molar-refractivity contribution in [1.82, 2.24) is 9.88 Å². The number of hydrogen-bond acceptors (Lipinski definition) is 6. The van der Waals surface area contributed by atoms with Crippen LogP contribution in [0.15, 0.2) is 48.6 Å². The molecule has 0 aliphatic heterocycles. The van der Waals surface area contributed by atoms with Crippen molar-refractivity contribution in [2.45, 2.75) is 20.2 Å². The topological polar surface area (TPSA) is 78.2 Å². The van der Waals surface area contributed by atoms with Gasteiger partial charge in [-0.05, 0) is 63.8 Å². The van der Waals surface area contributed by atoms with Crippen LogP contribution in [0.2, 0.25) is 0 Å². The molecule has 0 saturated heterocycles. The summed E-state index contributed by atoms with van der Waals surface area (Å²) in [6, 6.07) is 4.34. The molecule has 2 aromatic carbocycles. The van der Waals surface area contributed by atoms with E-state index in [1.54, 1.807) is 0 Å². The molecule has 6 nitrogen and oxygen atoms in total. The summed E-state index contributed by atoms with van der Waals surface area (Å²) < 4.78 is 99.5. The van der Waals surface area contributed by atoms with Gasteiger partial charge in [0, 0.05) is 48.6 Å². The van der Waals surface area contributed by atoms with Gasteiger partial charge in [-0.3, -0.25) is 9.78 Å². The Kier molecular flexibility index (Phi) is 4.45. The van der Waals surface area contributed by atoms with Crippen LogP contribution in [0.1, 0.15) is 37.2 Å². The Morgan fingerprint density at radius 2 is 2.27 bits per heavy atom. The predicted molar refractivity (Wildman–Crippen MR) is 128 cm³/mol. The number of hydrogen-bond donors (Lipinski definition) is 1. The van der Waals surface area contributed by atoms with Gasteiger partial charge in [0.1, 0.15) is 17.6 Å². The zero-order valence-corrected chi connectivity index (χ0v) is 18.1. The maximum Gasteiger partial charge on any atom is 0.159 e. The van der Waals surface area contributed by atoms with Crippen LogP contribution in [0.25, 0.3) is 10.9 Å². The molecule has 3 aromatic rings. The number of allylic oxidation sites excluding steroid dienone is 1. The lowest BCUT2D eigenvalue weighted by molar-refractivity contribution is -0.114. The molecule has 0 amide bonds. The van der Waals surface area contributed by atoms with E-state index < -0.39 is 73.0 Å². The van der Waals surface area contributed by atoms with Crippen LogP contribution < -0.4 is 10.1 Å². The van der Waals surface area contributed by atoms with E-state index in [1.807, 2.05) is 6.07 Å². The molecule has 7 heteroatoms. The highest BCUT2D eigenvalue weighted by Crippen LogP contribution is 2.34. The van der Waals surface area contributed by atoms with Gasteiger partial charge in [0.25, 0.3) is 0 Å². The molecule has 0 spiro atoms. The smallest absolute Gasteiger partial charge is 0.159 e. The van der Waals surface area contributed by atoms with Crippen molar-refractivity contribution >= 4 is 28.1 Å². The van der Waals surface area contributed by atoms with Gasteiger partial charge >= 0.3 is 0 Å². The number of rotatable bonds is 9. The van der Waals surface area contributed by atoms with E-state index in [0.717, 1.165) is 18.2 Å². The fourth-order valence-corrected chi connectivity index (χ4v) is 2.92. The number of likely N-dealkylation sites (N-methyl/N-ethyl adjacent to an activating group) is 1. The molecule has 170 valence electrons. The van der Waals surface area contributed by atoms with Crippen LogP contribution in [-0.4, -0.2) is 42.8 Å². The number of benzene rings is 2. The number of nitrogens with one attached hydrogen (secondary N) is 1. The molecule has 0 fully saturated rings. The number of ketones is 1. The van der Waals surface area contributed by atoms with Crippen LogP contribution in [-0.2, 0) is 11.2 Å². The van der Waals surface area contributed by atoms with Crippen LogP contribution in [0.3, 0.4) is 0 Å². The highest BCUT2D eigenvalue weighted by Gasteiger charge is 2.16. The van der Waals surface area contributed by atoms with Crippen molar-refractivity contribution in [3.63, 3.8) is 0 Å². The van der Waals surface area contributed by atoms with Crippen molar-refractivity contribution in [3.8, 4) is 11.8 Å². The first-order chi connectivity index (χ1) is 19.7. The summed E-state index contributed by atoms with van der Waals surface area (Å²) in [6.07, 6.45) is 0.454. The van der Waals surface area contributed by atoms with E-state index in [-0.39, 0.29) is 27.9 Å². The fourth-order valence-electron chi connectivity index (χ4n) is 2.92. The molecule has 0 aliphatic rings. The summed E-state index contributed by atoms with van der Waals surface area (Å²) in [6.45, 7) is -7.29. The average molecular weight is 457 g/mol. The van der Waals surface area contributed by atoms with Gasteiger partial charge in [-0.25, -0.2) is 4.39 Å². The second-order valence-electron chi connectivity index (χ2n) is 7.16. The van der Waals surface area contributed by atoms with E-state index in [2.05, 4.69) is 10.3 Å². The third-order valence-electron chi connectivity index (χ3n) is 4.44. The zero-order chi connectivity index (χ0) is 32.7. The molecule has 1 aromatic heterocycles. The van der Waals surface area contributed by atoms with E-state index in [4.69, 9.17) is 18.4 Å². The number of pyridine rings is 1. The number of fused-ring (bicyclic) bond motifs is 1. The molecule has 0 unspecified atom stereocenters. The number of anilines is 2. The standard InChI is InChI=1S/C26H27FN4O2/c1-5-33-25-14-24-22(13-18(25)12-21(32)7-6-10-31(3)4)26(19(15-28)16-29-24)30-20-8-9-23(27)17(2)11-20/h6-9,11,13-14,16H,5,10,12H2,1-4H3,(H,29,30)/b7-6+/i1D3,5D2,10D2,13D,14D,16D. The van der Waals surface area contributed by atoms with Gasteiger partial charge in [-0.1, -0.05) is 6.08 Å². The maximum atomic E-state index is 13.9. The van der Waals surface area contributed by atoms with Crippen molar-refractivity contribution in [2.75, 3.05) is 32.5 Å². The normalized spacial score (nSPS) is 16.8. The summed E-state index contributed by atoms with van der Waals surface area (Å²) >= 11 is 0. The highest BCUT2D eigenvalue weighted by molar-refractivity contribution is 5.98. The number of nitrogens with zero attached hydrogens (tertiary/aromatic N) is 3. The third-order valence-corrected chi connectivity index (χ3v) is 4.44. The number of aromatic nitrogens is 1. The Bertz CT molecular complexity index is 1670. The number of aryl methyl sites for hydroxylation is 1. The van der Waals surface area contributed by atoms with E-state index in [0.29, 0.717) is 0 Å². The summed E-state index contributed by atoms with van der Waals surface area (Å²) in [4.78, 5) is 18.1. The van der Waals surface area contributed by atoms with E-state index >= 15 is 0 Å². The van der Waals surface area contributed by atoms with Crippen molar-refractivity contribution in [3.05, 3.63) is 71.1 Å². The molecule has 33 heavy (non-hydrogen) atoms.